The summed E-state index contributed by atoms with van der Waals surface area (Å²) in [5.74, 6) is 0.590. The number of amides is 1. The lowest BCUT2D eigenvalue weighted by molar-refractivity contribution is -0.122. The zero-order valence-electron chi connectivity index (χ0n) is 16.6. The van der Waals surface area contributed by atoms with E-state index in [2.05, 4.69) is 15.9 Å². The average Bonchev–Trinajstić information content (AvgIpc) is 2.96. The Kier molecular flexibility index (Phi) is 7.91. The predicted molar refractivity (Wildman–Crippen MR) is 126 cm³/mol. The Bertz CT molecular complexity index is 996. The third kappa shape index (κ3) is 5.22. The summed E-state index contributed by atoms with van der Waals surface area (Å²) in [7, 11) is 0. The molecule has 1 aliphatic rings. The van der Waals surface area contributed by atoms with Crippen LogP contribution >= 0.6 is 39.9 Å². The molecule has 0 aliphatic carbocycles. The first-order chi connectivity index (χ1) is 14.4. The molecule has 1 saturated heterocycles. The maximum absolute atomic E-state index is 13.9. The van der Waals surface area contributed by atoms with Crippen molar-refractivity contribution in [3.05, 3.63) is 62.7 Å². The molecule has 1 aliphatic heterocycles. The Hall–Kier alpha value is -1.90. The van der Waals surface area contributed by atoms with Gasteiger partial charge in [0, 0.05) is 12.1 Å². The molecule has 2 aromatic carbocycles. The first-order valence-electron chi connectivity index (χ1n) is 9.52. The van der Waals surface area contributed by atoms with Crippen molar-refractivity contribution in [2.75, 3.05) is 13.2 Å². The van der Waals surface area contributed by atoms with Gasteiger partial charge in [-0.25, -0.2) is 4.39 Å². The highest BCUT2D eigenvalue weighted by Gasteiger charge is 2.31. The minimum atomic E-state index is -0.322. The summed E-state index contributed by atoms with van der Waals surface area (Å²) < 4.78 is 26.7. The smallest absolute Gasteiger partial charge is 0.266 e. The summed E-state index contributed by atoms with van der Waals surface area (Å²) in [6.45, 7) is 4.99. The number of benzene rings is 2. The van der Waals surface area contributed by atoms with Gasteiger partial charge in [0.2, 0.25) is 0 Å². The van der Waals surface area contributed by atoms with E-state index >= 15 is 0 Å². The number of carbonyl (C=O) groups excluding carboxylic acids is 1. The first-order valence-corrected chi connectivity index (χ1v) is 11.5. The number of thiocarbonyl (C=S) groups is 1. The number of hydrogen-bond acceptors (Lipinski definition) is 5. The molecule has 30 heavy (non-hydrogen) atoms. The molecule has 0 aromatic heterocycles. The van der Waals surface area contributed by atoms with E-state index in [9.17, 15) is 9.18 Å². The van der Waals surface area contributed by atoms with E-state index in [1.807, 2.05) is 19.9 Å². The molecule has 0 radical (unpaired) electrons. The average molecular weight is 510 g/mol. The van der Waals surface area contributed by atoms with E-state index in [1.165, 1.54) is 17.8 Å². The standard InChI is InChI=1S/C22H21BrFNO3S2/c1-3-9-25-21(26)19(30-22(25)29)12-14-10-16(23)20(18(11-14)27-4-2)28-13-15-7-5-6-8-17(15)24/h5-8,10-12H,3-4,9,13H2,1-2H3/b19-12+. The quantitative estimate of drug-likeness (QED) is 0.314. The highest BCUT2D eigenvalue weighted by molar-refractivity contribution is 9.10. The summed E-state index contributed by atoms with van der Waals surface area (Å²) in [5, 5.41) is 0. The topological polar surface area (TPSA) is 38.8 Å². The van der Waals surface area contributed by atoms with Crippen molar-refractivity contribution in [2.24, 2.45) is 0 Å². The second-order valence-electron chi connectivity index (χ2n) is 6.48. The maximum atomic E-state index is 13.9. The summed E-state index contributed by atoms with van der Waals surface area (Å²) >= 11 is 10.1. The van der Waals surface area contributed by atoms with Crippen molar-refractivity contribution < 1.29 is 18.7 Å². The molecular formula is C22H21BrFNO3S2. The zero-order chi connectivity index (χ0) is 21.7. The van der Waals surface area contributed by atoms with Crippen LogP contribution in [-0.4, -0.2) is 28.3 Å². The van der Waals surface area contributed by atoms with Crippen LogP contribution in [0, 0.1) is 5.82 Å². The highest BCUT2D eigenvalue weighted by atomic mass is 79.9. The lowest BCUT2D eigenvalue weighted by Crippen LogP contribution is -2.28. The molecule has 0 spiro atoms. The molecule has 158 valence electrons. The van der Waals surface area contributed by atoms with Gasteiger partial charge in [-0.2, -0.15) is 0 Å². The van der Waals surface area contributed by atoms with Gasteiger partial charge in [0.05, 0.1) is 16.0 Å². The van der Waals surface area contributed by atoms with Crippen molar-refractivity contribution in [3.8, 4) is 11.5 Å². The largest absolute Gasteiger partial charge is 0.490 e. The number of carbonyl (C=O) groups is 1. The van der Waals surface area contributed by atoms with Gasteiger partial charge in [-0.05, 0) is 59.1 Å². The number of nitrogens with zero attached hydrogens (tertiary/aromatic N) is 1. The predicted octanol–water partition coefficient (Wildman–Crippen LogP) is 6.18. The molecule has 3 rings (SSSR count). The van der Waals surface area contributed by atoms with Crippen LogP contribution in [0.3, 0.4) is 0 Å². The molecule has 8 heteroatoms. The number of hydrogen-bond donors (Lipinski definition) is 0. The van der Waals surface area contributed by atoms with Gasteiger partial charge in [-0.3, -0.25) is 9.69 Å². The molecule has 4 nitrogen and oxygen atoms in total. The fraction of sp³-hybridized carbons (Fsp3) is 0.273. The van der Waals surface area contributed by atoms with Gasteiger partial charge >= 0.3 is 0 Å². The lowest BCUT2D eigenvalue weighted by Gasteiger charge is -2.15. The summed E-state index contributed by atoms with van der Waals surface area (Å²) in [6.07, 6.45) is 2.64. The third-order valence-electron chi connectivity index (χ3n) is 4.28. The monoisotopic (exact) mass is 509 g/mol. The van der Waals surface area contributed by atoms with Crippen LogP contribution in [0.1, 0.15) is 31.4 Å². The van der Waals surface area contributed by atoms with Crippen LogP contribution in [-0.2, 0) is 11.4 Å². The number of rotatable bonds is 8. The molecule has 0 N–H and O–H groups in total. The molecule has 0 saturated carbocycles. The van der Waals surface area contributed by atoms with E-state index in [1.54, 1.807) is 35.2 Å². The van der Waals surface area contributed by atoms with Crippen LogP contribution in [0.25, 0.3) is 6.08 Å². The van der Waals surface area contributed by atoms with Crippen molar-refractivity contribution in [2.45, 2.75) is 26.9 Å². The Morgan fingerprint density at radius 1 is 1.23 bits per heavy atom. The van der Waals surface area contributed by atoms with Gasteiger partial charge in [-0.1, -0.05) is 49.1 Å². The molecule has 0 unspecified atom stereocenters. The van der Waals surface area contributed by atoms with Gasteiger partial charge in [0.1, 0.15) is 16.7 Å². The van der Waals surface area contributed by atoms with Crippen LogP contribution in [0.15, 0.2) is 45.8 Å². The first kappa shape index (κ1) is 22.8. The maximum Gasteiger partial charge on any atom is 0.266 e. The summed E-state index contributed by atoms with van der Waals surface area (Å²) in [5.41, 5.74) is 1.23. The minimum absolute atomic E-state index is 0.0698. The van der Waals surface area contributed by atoms with E-state index in [-0.39, 0.29) is 18.3 Å². The molecule has 1 amide bonds. The Morgan fingerprint density at radius 3 is 2.70 bits per heavy atom. The lowest BCUT2D eigenvalue weighted by atomic mass is 10.1. The second-order valence-corrected chi connectivity index (χ2v) is 9.01. The van der Waals surface area contributed by atoms with Crippen molar-refractivity contribution in [3.63, 3.8) is 0 Å². The van der Waals surface area contributed by atoms with E-state index in [0.29, 0.717) is 43.9 Å². The van der Waals surface area contributed by atoms with Crippen molar-refractivity contribution >= 4 is 56.2 Å². The Labute approximate surface area is 193 Å². The number of thioether (sulfide) groups is 1. The van der Waals surface area contributed by atoms with E-state index < -0.39 is 0 Å². The normalized spacial score (nSPS) is 15.2. The van der Waals surface area contributed by atoms with Crippen molar-refractivity contribution in [1.82, 2.24) is 4.90 Å². The summed E-state index contributed by atoms with van der Waals surface area (Å²) in [6, 6.07) is 10.1. The van der Waals surface area contributed by atoms with Gasteiger partial charge in [-0.15, -0.1) is 0 Å². The van der Waals surface area contributed by atoms with Gasteiger partial charge in [0.25, 0.3) is 5.91 Å². The second kappa shape index (κ2) is 10.4. The van der Waals surface area contributed by atoms with Crippen LogP contribution in [0.4, 0.5) is 4.39 Å². The molecule has 2 aromatic rings. The fourth-order valence-corrected chi connectivity index (χ4v) is 4.79. The van der Waals surface area contributed by atoms with Crippen molar-refractivity contribution in [1.29, 1.82) is 0 Å². The van der Waals surface area contributed by atoms with Gasteiger partial charge in [0.15, 0.2) is 11.5 Å². The van der Waals surface area contributed by atoms with Crippen LogP contribution in [0.2, 0.25) is 0 Å². The fourth-order valence-electron chi connectivity index (χ4n) is 2.91. The molecule has 1 fully saturated rings. The van der Waals surface area contributed by atoms with Crippen LogP contribution in [0.5, 0.6) is 11.5 Å². The minimum Gasteiger partial charge on any atom is -0.490 e. The number of halogens is 2. The Morgan fingerprint density at radius 2 is 2.00 bits per heavy atom. The SMILES string of the molecule is CCCN1C(=O)/C(=C\c2cc(Br)c(OCc3ccccc3F)c(OCC)c2)SC1=S. The zero-order valence-corrected chi connectivity index (χ0v) is 19.8. The van der Waals surface area contributed by atoms with Crippen LogP contribution < -0.4 is 9.47 Å². The van der Waals surface area contributed by atoms with Gasteiger partial charge < -0.3 is 9.47 Å². The molecule has 1 heterocycles. The van der Waals surface area contributed by atoms with E-state index in [0.717, 1.165) is 12.0 Å². The molecule has 0 bridgehead atoms. The molecule has 0 atom stereocenters. The van der Waals surface area contributed by atoms with E-state index in [4.69, 9.17) is 21.7 Å². The highest BCUT2D eigenvalue weighted by Crippen LogP contribution is 2.39. The Balaban J connectivity index is 1.87. The molecular weight excluding hydrogens is 489 g/mol. The summed E-state index contributed by atoms with van der Waals surface area (Å²) in [4.78, 5) is 14.8. The third-order valence-corrected chi connectivity index (χ3v) is 6.25. The number of ether oxygens (including phenoxy) is 2.